The van der Waals surface area contributed by atoms with Crippen molar-refractivity contribution in [3.05, 3.63) is 64.0 Å². The van der Waals surface area contributed by atoms with Crippen molar-refractivity contribution in [1.29, 1.82) is 0 Å². The molecule has 6 nitrogen and oxygen atoms in total. The molecule has 9 heteroatoms. The number of nitrogens with two attached hydrogens (primary N) is 1. The topological polar surface area (TPSA) is 82.3 Å². The lowest BCUT2D eigenvalue weighted by atomic mass is 10.0. The van der Waals surface area contributed by atoms with Gasteiger partial charge in [0.1, 0.15) is 22.8 Å². The summed E-state index contributed by atoms with van der Waals surface area (Å²) in [5, 5.41) is 4.02. The Morgan fingerprint density at radius 1 is 1.00 bits per heavy atom. The van der Waals surface area contributed by atoms with Gasteiger partial charge < -0.3 is 20.5 Å². The Bertz CT molecular complexity index is 1300. The quantitative estimate of drug-likeness (QED) is 0.276. The van der Waals surface area contributed by atoms with Gasteiger partial charge in [-0.05, 0) is 36.2 Å². The first-order valence-corrected chi connectivity index (χ1v) is 11.3. The molecule has 1 aromatic heterocycles. The van der Waals surface area contributed by atoms with E-state index in [9.17, 15) is 0 Å². The molecule has 0 spiro atoms. The van der Waals surface area contributed by atoms with E-state index < -0.39 is 5.82 Å². The van der Waals surface area contributed by atoms with E-state index >= 15 is 4.39 Å². The molecule has 0 radical (unpaired) electrons. The van der Waals surface area contributed by atoms with E-state index in [1.165, 1.54) is 26.5 Å². The van der Waals surface area contributed by atoms with Crippen LogP contribution in [0, 0.1) is 12.7 Å². The smallest absolute Gasteiger partial charge is 0.227 e. The summed E-state index contributed by atoms with van der Waals surface area (Å²) >= 11 is 13.0. The molecule has 0 atom stereocenters. The summed E-state index contributed by atoms with van der Waals surface area (Å²) in [5.41, 5.74) is 9.13. The van der Waals surface area contributed by atoms with E-state index in [2.05, 4.69) is 15.3 Å². The van der Waals surface area contributed by atoms with Gasteiger partial charge in [-0.15, -0.1) is 0 Å². The van der Waals surface area contributed by atoms with Crippen molar-refractivity contribution in [2.45, 2.75) is 20.8 Å². The number of nitrogen functional groups attached to an aromatic ring is 1. The molecule has 3 N–H and O–H groups in total. The number of fused-ring (bicyclic) bond motifs is 1. The number of aryl methyl sites for hydroxylation is 1. The normalized spacial score (nSPS) is 10.5. The number of nitrogens with one attached hydrogen (secondary N) is 1. The SMILES string of the molecule is CC.COc1cc(OC)c(Cl)c(-c2cc(F)c3nc(Nc4c(C)cccc4N)ncc3c2)c1Cl. The summed E-state index contributed by atoms with van der Waals surface area (Å²) in [6.45, 7) is 5.91. The molecule has 0 aliphatic heterocycles. The molecule has 0 amide bonds. The molecular weight excluding hydrogens is 478 g/mol. The highest BCUT2D eigenvalue weighted by Crippen LogP contribution is 2.46. The maximum atomic E-state index is 15.1. The van der Waals surface area contributed by atoms with Crippen LogP contribution in [0.4, 0.5) is 21.7 Å². The Morgan fingerprint density at radius 3 is 2.24 bits per heavy atom. The fraction of sp³-hybridized carbons (Fsp3) is 0.200. The van der Waals surface area contributed by atoms with Crippen LogP contribution in [0.3, 0.4) is 0 Å². The number of methoxy groups -OCH3 is 2. The molecule has 0 fully saturated rings. The maximum Gasteiger partial charge on any atom is 0.227 e. The summed E-state index contributed by atoms with van der Waals surface area (Å²) < 4.78 is 25.8. The second kappa shape index (κ2) is 10.8. The van der Waals surface area contributed by atoms with Gasteiger partial charge in [0.15, 0.2) is 0 Å². The number of para-hydroxylation sites is 1. The summed E-state index contributed by atoms with van der Waals surface area (Å²) in [5.74, 6) is 0.379. The van der Waals surface area contributed by atoms with Gasteiger partial charge in [-0.3, -0.25) is 0 Å². The number of hydrogen-bond donors (Lipinski definition) is 2. The zero-order chi connectivity index (χ0) is 25.0. The van der Waals surface area contributed by atoms with Gasteiger partial charge in [0.05, 0.1) is 35.6 Å². The molecule has 34 heavy (non-hydrogen) atoms. The first kappa shape index (κ1) is 25.3. The number of rotatable bonds is 5. The molecule has 4 aromatic rings. The highest BCUT2D eigenvalue weighted by Gasteiger charge is 2.20. The Balaban J connectivity index is 0.00000158. The molecule has 0 unspecified atom stereocenters. The highest BCUT2D eigenvalue weighted by atomic mass is 35.5. The first-order chi connectivity index (χ1) is 16.3. The van der Waals surface area contributed by atoms with Crippen LogP contribution in [0.5, 0.6) is 11.5 Å². The first-order valence-electron chi connectivity index (χ1n) is 10.5. The number of benzene rings is 3. The third-order valence-corrected chi connectivity index (χ3v) is 5.79. The fourth-order valence-corrected chi connectivity index (χ4v) is 4.14. The standard InChI is InChI=1S/C23H19Cl2FN4O2.C2H6/c1-11-5-4-6-15(27)21(11)29-23-28-10-13-7-12(8-14(26)22(13)30-23)18-19(24)16(31-2)9-17(32-3)20(18)25;1-2/h4-10H,27H2,1-3H3,(H,28,29,30);1-2H3. The van der Waals surface area contributed by atoms with Crippen molar-refractivity contribution in [3.63, 3.8) is 0 Å². The van der Waals surface area contributed by atoms with Crippen LogP contribution in [0.1, 0.15) is 19.4 Å². The molecule has 0 saturated carbocycles. The van der Waals surface area contributed by atoms with Gasteiger partial charge in [0, 0.05) is 23.2 Å². The number of ether oxygens (including phenoxy) is 2. The lowest BCUT2D eigenvalue weighted by molar-refractivity contribution is 0.395. The lowest BCUT2D eigenvalue weighted by Crippen LogP contribution is -2.03. The zero-order valence-corrected chi connectivity index (χ0v) is 21.0. The number of hydrogen-bond acceptors (Lipinski definition) is 6. The van der Waals surface area contributed by atoms with Crippen LogP contribution >= 0.6 is 23.2 Å². The van der Waals surface area contributed by atoms with Crippen LogP contribution in [0.25, 0.3) is 22.0 Å². The van der Waals surface area contributed by atoms with Gasteiger partial charge in [0.2, 0.25) is 5.95 Å². The molecule has 3 aromatic carbocycles. The third-order valence-electron chi connectivity index (χ3n) is 5.04. The van der Waals surface area contributed by atoms with E-state index in [1.807, 2.05) is 32.9 Å². The lowest BCUT2D eigenvalue weighted by Gasteiger charge is -2.15. The van der Waals surface area contributed by atoms with E-state index in [4.69, 9.17) is 38.4 Å². The molecule has 0 bridgehead atoms. The van der Waals surface area contributed by atoms with Crippen LogP contribution < -0.4 is 20.5 Å². The third kappa shape index (κ3) is 4.81. The van der Waals surface area contributed by atoms with Crippen molar-refractivity contribution in [2.75, 3.05) is 25.3 Å². The van der Waals surface area contributed by atoms with E-state index in [0.29, 0.717) is 39.4 Å². The minimum atomic E-state index is -0.561. The van der Waals surface area contributed by atoms with Crippen molar-refractivity contribution < 1.29 is 13.9 Å². The average molecular weight is 503 g/mol. The zero-order valence-electron chi connectivity index (χ0n) is 19.5. The van der Waals surface area contributed by atoms with Gasteiger partial charge >= 0.3 is 0 Å². The summed E-state index contributed by atoms with van der Waals surface area (Å²) in [6, 6.07) is 10.1. The minimum Gasteiger partial charge on any atom is -0.495 e. The van der Waals surface area contributed by atoms with Gasteiger partial charge in [-0.1, -0.05) is 49.2 Å². The van der Waals surface area contributed by atoms with Gasteiger partial charge in [0.25, 0.3) is 0 Å². The average Bonchev–Trinajstić information content (AvgIpc) is 2.83. The molecule has 0 aliphatic rings. The van der Waals surface area contributed by atoms with Crippen molar-refractivity contribution in [1.82, 2.24) is 9.97 Å². The molecule has 4 rings (SSSR count). The van der Waals surface area contributed by atoms with Crippen LogP contribution in [-0.2, 0) is 0 Å². The highest BCUT2D eigenvalue weighted by molar-refractivity contribution is 6.41. The predicted molar refractivity (Wildman–Crippen MR) is 138 cm³/mol. The van der Waals surface area contributed by atoms with E-state index in [1.54, 1.807) is 18.2 Å². The molecule has 0 saturated heterocycles. The van der Waals surface area contributed by atoms with Crippen molar-refractivity contribution in [2.24, 2.45) is 0 Å². The Labute approximate surface area is 207 Å². The number of anilines is 3. The molecule has 178 valence electrons. The number of nitrogens with zero attached hydrogens (tertiary/aromatic N) is 2. The Kier molecular flexibility index (Phi) is 8.02. The van der Waals surface area contributed by atoms with Gasteiger partial charge in [-0.25, -0.2) is 14.4 Å². The van der Waals surface area contributed by atoms with Crippen molar-refractivity contribution in [3.8, 4) is 22.6 Å². The minimum absolute atomic E-state index is 0.139. The van der Waals surface area contributed by atoms with Gasteiger partial charge in [-0.2, -0.15) is 0 Å². The molecule has 1 heterocycles. The van der Waals surface area contributed by atoms with E-state index in [0.717, 1.165) is 5.56 Å². The summed E-state index contributed by atoms with van der Waals surface area (Å²) in [6.07, 6.45) is 1.52. The maximum absolute atomic E-state index is 15.1. The summed E-state index contributed by atoms with van der Waals surface area (Å²) in [4.78, 5) is 8.64. The Hall–Kier alpha value is -3.29. The number of aromatic nitrogens is 2. The Morgan fingerprint density at radius 2 is 1.65 bits per heavy atom. The molecular formula is C25H25Cl2FN4O2. The monoisotopic (exact) mass is 502 g/mol. The number of halogens is 3. The largest absolute Gasteiger partial charge is 0.495 e. The second-order valence-electron chi connectivity index (χ2n) is 7.04. The predicted octanol–water partition coefficient (Wildman–Crippen LogP) is 7.42. The van der Waals surface area contributed by atoms with Crippen LogP contribution in [0.2, 0.25) is 10.0 Å². The van der Waals surface area contributed by atoms with Crippen molar-refractivity contribution >= 4 is 51.4 Å². The van der Waals surface area contributed by atoms with E-state index in [-0.39, 0.29) is 21.5 Å². The van der Waals surface area contributed by atoms with Crippen LogP contribution in [-0.4, -0.2) is 24.2 Å². The fourth-order valence-electron chi connectivity index (χ4n) is 3.42. The summed E-state index contributed by atoms with van der Waals surface area (Å²) in [7, 11) is 2.95. The molecule has 0 aliphatic carbocycles. The second-order valence-corrected chi connectivity index (χ2v) is 7.79. The van der Waals surface area contributed by atoms with Crippen LogP contribution in [0.15, 0.2) is 42.6 Å².